The Morgan fingerprint density at radius 3 is 2.19 bits per heavy atom. The predicted molar refractivity (Wildman–Crippen MR) is 74.3 cm³/mol. The molecule has 0 unspecified atom stereocenters. The van der Waals surface area contributed by atoms with Crippen LogP contribution in [0.2, 0.25) is 0 Å². The molecule has 0 saturated carbocycles. The van der Waals surface area contributed by atoms with Crippen LogP contribution in [0.15, 0.2) is 30.4 Å². The van der Waals surface area contributed by atoms with Crippen LogP contribution in [-0.2, 0) is 0 Å². The van der Waals surface area contributed by atoms with Gasteiger partial charge in [-0.1, -0.05) is 55.7 Å². The predicted octanol–water partition coefficient (Wildman–Crippen LogP) is 3.32. The Kier molecular flexibility index (Phi) is 4.17. The van der Waals surface area contributed by atoms with E-state index >= 15 is 0 Å². The van der Waals surface area contributed by atoms with Gasteiger partial charge in [-0.15, -0.1) is 0 Å². The van der Waals surface area contributed by atoms with E-state index in [2.05, 4.69) is 46.4 Å². The van der Waals surface area contributed by atoms with Gasteiger partial charge in [-0.05, 0) is 36.5 Å². The van der Waals surface area contributed by atoms with Gasteiger partial charge in [-0.25, -0.2) is 0 Å². The molecule has 1 aromatic rings. The Morgan fingerprint density at radius 1 is 1.25 bits per heavy atom. The highest BCUT2D eigenvalue weighted by Crippen LogP contribution is 2.16. The van der Waals surface area contributed by atoms with Crippen molar-refractivity contribution in [3.05, 3.63) is 47.1 Å². The summed E-state index contributed by atoms with van der Waals surface area (Å²) in [7, 11) is 5.79. The number of allylic oxidation sites excluding steroid dienone is 2. The van der Waals surface area contributed by atoms with Crippen molar-refractivity contribution in [2.75, 3.05) is 0 Å². The van der Waals surface area contributed by atoms with Gasteiger partial charge in [-0.3, -0.25) is 0 Å². The highest BCUT2D eigenvalue weighted by molar-refractivity contribution is 6.32. The molecule has 0 spiro atoms. The van der Waals surface area contributed by atoms with Crippen LogP contribution in [0.5, 0.6) is 0 Å². The zero-order valence-electron chi connectivity index (χ0n) is 10.7. The molecule has 2 radical (unpaired) electrons. The average molecular weight is 210 g/mol. The summed E-state index contributed by atoms with van der Waals surface area (Å²) in [5.74, 6) is 0.491. The number of hydrogen-bond donors (Lipinski definition) is 0. The maximum Gasteiger partial charge on any atom is 0.113 e. The quantitative estimate of drug-likeness (QED) is 0.530. The van der Waals surface area contributed by atoms with Crippen LogP contribution in [0.1, 0.15) is 30.5 Å². The third-order valence-electron chi connectivity index (χ3n) is 2.82. The highest BCUT2D eigenvalue weighted by Gasteiger charge is 2.01. The van der Waals surface area contributed by atoms with Gasteiger partial charge in [0.15, 0.2) is 0 Å². The summed E-state index contributed by atoms with van der Waals surface area (Å²) in [6, 6.07) is 4.01. The average Bonchev–Trinajstić information content (AvgIpc) is 2.15. The Morgan fingerprint density at radius 2 is 1.75 bits per heavy atom. The Balaban J connectivity index is 3.02. The molecule has 0 aliphatic rings. The zero-order valence-corrected chi connectivity index (χ0v) is 10.7. The fourth-order valence-corrected chi connectivity index (χ4v) is 1.65. The summed E-state index contributed by atoms with van der Waals surface area (Å²) in [6.07, 6.45) is 4.22. The van der Waals surface area contributed by atoms with Crippen molar-refractivity contribution in [1.29, 1.82) is 0 Å². The molecule has 0 atom stereocenters. The summed E-state index contributed by atoms with van der Waals surface area (Å²) in [4.78, 5) is 0. The maximum atomic E-state index is 5.79. The van der Waals surface area contributed by atoms with Gasteiger partial charge in [0.25, 0.3) is 0 Å². The van der Waals surface area contributed by atoms with Gasteiger partial charge in [0.2, 0.25) is 0 Å². The smallest absolute Gasteiger partial charge is 0.0961 e. The zero-order chi connectivity index (χ0) is 12.3. The SMILES string of the molecule is [B]c1cc(C)c(/C=C\C(=C)C(C)C)c(C)c1. The fraction of sp³-hybridized carbons (Fsp3) is 0.333. The molecule has 0 heterocycles. The first-order valence-electron chi connectivity index (χ1n) is 5.65. The van der Waals surface area contributed by atoms with Gasteiger partial charge in [0.05, 0.1) is 0 Å². The van der Waals surface area contributed by atoms with Crippen LogP contribution in [0.4, 0.5) is 0 Å². The van der Waals surface area contributed by atoms with Crippen molar-refractivity contribution in [1.82, 2.24) is 0 Å². The van der Waals surface area contributed by atoms with Crippen LogP contribution in [-0.4, -0.2) is 7.85 Å². The van der Waals surface area contributed by atoms with Crippen molar-refractivity contribution in [3.63, 3.8) is 0 Å². The molecule has 0 amide bonds. The standard InChI is InChI=1S/C15H19B/c1-10(2)11(3)6-7-15-12(4)8-14(16)9-13(15)5/h6-10H,3H2,1-2,4-5H3/b7-6-. The lowest BCUT2D eigenvalue weighted by molar-refractivity contribution is 0.796. The molecule has 1 heteroatoms. The minimum absolute atomic E-state index is 0.491. The van der Waals surface area contributed by atoms with Gasteiger partial charge in [0, 0.05) is 0 Å². The molecule has 0 fully saturated rings. The molecule has 0 bridgehead atoms. The third kappa shape index (κ3) is 3.13. The van der Waals surface area contributed by atoms with E-state index in [0.717, 1.165) is 11.0 Å². The van der Waals surface area contributed by atoms with Crippen molar-refractivity contribution >= 4 is 19.4 Å². The van der Waals surface area contributed by atoms with E-state index in [9.17, 15) is 0 Å². The summed E-state index contributed by atoms with van der Waals surface area (Å²) >= 11 is 0. The van der Waals surface area contributed by atoms with Crippen LogP contribution in [0.25, 0.3) is 6.08 Å². The van der Waals surface area contributed by atoms with E-state index < -0.39 is 0 Å². The van der Waals surface area contributed by atoms with Crippen molar-refractivity contribution < 1.29 is 0 Å². The van der Waals surface area contributed by atoms with Gasteiger partial charge >= 0.3 is 0 Å². The summed E-state index contributed by atoms with van der Waals surface area (Å²) in [6.45, 7) is 12.5. The van der Waals surface area contributed by atoms with E-state index in [-0.39, 0.29) is 0 Å². The lowest BCUT2D eigenvalue weighted by Crippen LogP contribution is -2.05. The van der Waals surface area contributed by atoms with Crippen LogP contribution in [0, 0.1) is 19.8 Å². The summed E-state index contributed by atoms with van der Waals surface area (Å²) < 4.78 is 0. The highest BCUT2D eigenvalue weighted by atomic mass is 14.1. The summed E-state index contributed by atoms with van der Waals surface area (Å²) in [5.41, 5.74) is 5.65. The monoisotopic (exact) mass is 210 g/mol. The Labute approximate surface area is 100 Å². The first-order valence-corrected chi connectivity index (χ1v) is 5.65. The number of benzene rings is 1. The van der Waals surface area contributed by atoms with Crippen LogP contribution >= 0.6 is 0 Å². The maximum absolute atomic E-state index is 5.79. The van der Waals surface area contributed by atoms with Crippen LogP contribution < -0.4 is 5.46 Å². The molecule has 0 aromatic heterocycles. The van der Waals surface area contributed by atoms with E-state index in [1.807, 2.05) is 12.1 Å². The summed E-state index contributed by atoms with van der Waals surface area (Å²) in [5, 5.41) is 0. The second kappa shape index (κ2) is 5.20. The minimum atomic E-state index is 0.491. The number of rotatable bonds is 3. The van der Waals surface area contributed by atoms with Crippen molar-refractivity contribution in [2.24, 2.45) is 5.92 Å². The van der Waals surface area contributed by atoms with Crippen LogP contribution in [0.3, 0.4) is 0 Å². The molecule has 16 heavy (non-hydrogen) atoms. The number of aryl methyl sites for hydroxylation is 2. The third-order valence-corrected chi connectivity index (χ3v) is 2.82. The molecule has 0 aliphatic carbocycles. The molecule has 0 nitrogen and oxygen atoms in total. The first-order chi connectivity index (χ1) is 7.41. The fourth-order valence-electron chi connectivity index (χ4n) is 1.65. The van der Waals surface area contributed by atoms with Gasteiger partial charge in [0.1, 0.15) is 7.85 Å². The second-order valence-corrected chi connectivity index (χ2v) is 4.63. The second-order valence-electron chi connectivity index (χ2n) is 4.63. The minimum Gasteiger partial charge on any atom is -0.0961 e. The Bertz CT molecular complexity index is 402. The van der Waals surface area contributed by atoms with Gasteiger partial charge in [-0.2, -0.15) is 0 Å². The van der Waals surface area contributed by atoms with E-state index in [1.54, 1.807) is 0 Å². The molecule has 0 saturated heterocycles. The number of hydrogen-bond acceptors (Lipinski definition) is 0. The van der Waals surface area contributed by atoms with E-state index in [1.165, 1.54) is 16.7 Å². The molecule has 1 rings (SSSR count). The molecule has 0 N–H and O–H groups in total. The van der Waals surface area contributed by atoms with E-state index in [0.29, 0.717) is 5.92 Å². The molecule has 1 aromatic carbocycles. The lowest BCUT2D eigenvalue weighted by Gasteiger charge is -2.08. The van der Waals surface area contributed by atoms with Crippen molar-refractivity contribution in [3.8, 4) is 0 Å². The Hall–Kier alpha value is -1.24. The first kappa shape index (κ1) is 12.8. The molecular weight excluding hydrogens is 191 g/mol. The largest absolute Gasteiger partial charge is 0.113 e. The topological polar surface area (TPSA) is 0 Å². The van der Waals surface area contributed by atoms with E-state index in [4.69, 9.17) is 7.85 Å². The normalized spacial score (nSPS) is 11.3. The molecule has 0 aliphatic heterocycles. The van der Waals surface area contributed by atoms with Gasteiger partial charge < -0.3 is 0 Å². The molecular formula is C15H19B. The van der Waals surface area contributed by atoms with Crippen molar-refractivity contribution in [2.45, 2.75) is 27.7 Å². The lowest BCUT2D eigenvalue weighted by atomic mass is 9.89. The molecule has 82 valence electrons.